The summed E-state index contributed by atoms with van der Waals surface area (Å²) in [6.07, 6.45) is 0. The number of aryl methyl sites for hydroxylation is 2. The summed E-state index contributed by atoms with van der Waals surface area (Å²) in [4.78, 5) is 15.8. The summed E-state index contributed by atoms with van der Waals surface area (Å²) in [5.41, 5.74) is 3.04. The zero-order valence-electron chi connectivity index (χ0n) is 24.6. The topological polar surface area (TPSA) is 79.0 Å². The van der Waals surface area contributed by atoms with E-state index in [2.05, 4.69) is 5.32 Å². The first-order valence-corrected chi connectivity index (χ1v) is 15.9. The van der Waals surface area contributed by atoms with Gasteiger partial charge in [-0.05, 0) is 67.0 Å². The van der Waals surface area contributed by atoms with Crippen molar-refractivity contribution in [1.82, 2.24) is 14.5 Å². The highest BCUT2D eigenvalue weighted by Gasteiger charge is 2.35. The summed E-state index contributed by atoms with van der Waals surface area (Å²) in [5.74, 6) is 1.01. The number of amides is 1. The number of nitrogens with zero attached hydrogens (tertiary/aromatic N) is 2. The summed E-state index contributed by atoms with van der Waals surface area (Å²) in [6, 6.07) is 24.6. The first-order valence-electron chi connectivity index (χ1n) is 14.4. The Labute approximate surface area is 245 Å². The molecule has 1 saturated heterocycles. The standard InChI is InChI=1S/C33H43N3O4S/c1-25(2)20-36(41(38,39)31-16-9-6-10-17-31)23-30-19-34-18-29(30)22-35(21-28-14-7-5-8-15-28)32(37)24-40-33-26(3)12-11-13-27(33)4/h5-17,25,29-30,34H,18-24H2,1-4H3/t29-,30-/m0/s1. The Bertz CT molecular complexity index is 1360. The molecule has 2 atom stereocenters. The molecule has 0 saturated carbocycles. The van der Waals surface area contributed by atoms with E-state index in [-0.39, 0.29) is 30.3 Å². The van der Waals surface area contributed by atoms with Crippen molar-refractivity contribution in [3.8, 4) is 5.75 Å². The zero-order valence-corrected chi connectivity index (χ0v) is 25.4. The summed E-state index contributed by atoms with van der Waals surface area (Å²) in [7, 11) is -3.64. The molecule has 1 amide bonds. The van der Waals surface area contributed by atoms with Crippen molar-refractivity contribution in [3.05, 3.63) is 95.6 Å². The molecule has 7 nitrogen and oxygen atoms in total. The highest BCUT2D eigenvalue weighted by Crippen LogP contribution is 2.26. The third-order valence-electron chi connectivity index (χ3n) is 7.64. The van der Waals surface area contributed by atoms with Crippen molar-refractivity contribution in [3.63, 3.8) is 0 Å². The van der Waals surface area contributed by atoms with Gasteiger partial charge in [0.15, 0.2) is 6.61 Å². The molecule has 8 heteroatoms. The van der Waals surface area contributed by atoms with Crippen LogP contribution in [0.5, 0.6) is 5.75 Å². The fourth-order valence-corrected chi connectivity index (χ4v) is 7.17. The summed E-state index contributed by atoms with van der Waals surface area (Å²) in [6.45, 7) is 11.2. The van der Waals surface area contributed by atoms with E-state index in [1.54, 1.807) is 28.6 Å². The smallest absolute Gasteiger partial charge is 0.260 e. The Morgan fingerprint density at radius 2 is 1.46 bits per heavy atom. The molecule has 1 aliphatic heterocycles. The van der Waals surface area contributed by atoms with Crippen LogP contribution in [0.4, 0.5) is 0 Å². The number of carbonyl (C=O) groups is 1. The van der Waals surface area contributed by atoms with Gasteiger partial charge in [0, 0.05) is 32.7 Å². The minimum atomic E-state index is -3.64. The first-order chi connectivity index (χ1) is 19.6. The van der Waals surface area contributed by atoms with Crippen molar-refractivity contribution in [2.75, 3.05) is 39.3 Å². The van der Waals surface area contributed by atoms with Crippen LogP contribution in [0.25, 0.3) is 0 Å². The molecular formula is C33H43N3O4S. The van der Waals surface area contributed by atoms with Crippen LogP contribution in [0.3, 0.4) is 0 Å². The molecule has 1 heterocycles. The van der Waals surface area contributed by atoms with Gasteiger partial charge in [0.2, 0.25) is 10.0 Å². The van der Waals surface area contributed by atoms with E-state index in [1.807, 2.05) is 87.2 Å². The fraction of sp³-hybridized carbons (Fsp3) is 0.424. The van der Waals surface area contributed by atoms with E-state index in [0.717, 1.165) is 29.0 Å². The van der Waals surface area contributed by atoms with Crippen molar-refractivity contribution in [2.24, 2.45) is 17.8 Å². The van der Waals surface area contributed by atoms with Crippen LogP contribution in [0.2, 0.25) is 0 Å². The SMILES string of the molecule is Cc1cccc(C)c1OCC(=O)N(Cc1ccccc1)C[C@@H]1CNC[C@H]1CN(CC(C)C)S(=O)(=O)c1ccccc1. The van der Waals surface area contributed by atoms with Gasteiger partial charge in [0.25, 0.3) is 5.91 Å². The molecule has 41 heavy (non-hydrogen) atoms. The molecule has 1 aliphatic rings. The van der Waals surface area contributed by atoms with Crippen molar-refractivity contribution in [2.45, 2.75) is 39.1 Å². The molecule has 0 spiro atoms. The lowest BCUT2D eigenvalue weighted by Gasteiger charge is -2.32. The van der Waals surface area contributed by atoms with Crippen LogP contribution < -0.4 is 10.1 Å². The van der Waals surface area contributed by atoms with Gasteiger partial charge < -0.3 is 15.0 Å². The lowest BCUT2D eigenvalue weighted by molar-refractivity contribution is -0.134. The predicted molar refractivity (Wildman–Crippen MR) is 163 cm³/mol. The molecular weight excluding hydrogens is 534 g/mol. The molecule has 0 aliphatic carbocycles. The lowest BCUT2D eigenvalue weighted by atomic mass is 9.94. The second kappa shape index (κ2) is 14.1. The monoisotopic (exact) mass is 577 g/mol. The largest absolute Gasteiger partial charge is 0.483 e. The van der Waals surface area contributed by atoms with E-state index in [0.29, 0.717) is 37.6 Å². The first kappa shape index (κ1) is 30.8. The fourth-order valence-electron chi connectivity index (χ4n) is 5.49. The Kier molecular flexibility index (Phi) is 10.6. The maximum absolute atomic E-state index is 13.6. The van der Waals surface area contributed by atoms with Gasteiger partial charge >= 0.3 is 0 Å². The van der Waals surface area contributed by atoms with Crippen molar-refractivity contribution < 1.29 is 17.9 Å². The minimum absolute atomic E-state index is 0.0504. The summed E-state index contributed by atoms with van der Waals surface area (Å²) in [5, 5.41) is 3.46. The van der Waals surface area contributed by atoms with E-state index in [1.165, 1.54) is 0 Å². The molecule has 3 aromatic carbocycles. The Hall–Kier alpha value is -3.20. The Morgan fingerprint density at radius 1 is 0.878 bits per heavy atom. The van der Waals surface area contributed by atoms with E-state index < -0.39 is 10.0 Å². The summed E-state index contributed by atoms with van der Waals surface area (Å²) >= 11 is 0. The molecule has 1 N–H and O–H groups in total. The molecule has 1 fully saturated rings. The zero-order chi connectivity index (χ0) is 29.4. The van der Waals surface area contributed by atoms with E-state index >= 15 is 0 Å². The van der Waals surface area contributed by atoms with Gasteiger partial charge in [-0.15, -0.1) is 0 Å². The van der Waals surface area contributed by atoms with Gasteiger partial charge in [-0.25, -0.2) is 8.42 Å². The maximum atomic E-state index is 13.6. The average Bonchev–Trinajstić information content (AvgIpc) is 3.39. The molecule has 0 aromatic heterocycles. The maximum Gasteiger partial charge on any atom is 0.260 e. The molecule has 0 bridgehead atoms. The lowest BCUT2D eigenvalue weighted by Crippen LogP contribution is -2.43. The average molecular weight is 578 g/mol. The highest BCUT2D eigenvalue weighted by molar-refractivity contribution is 7.89. The summed E-state index contributed by atoms with van der Waals surface area (Å²) < 4.78 is 34.9. The highest BCUT2D eigenvalue weighted by atomic mass is 32.2. The third-order valence-corrected chi connectivity index (χ3v) is 9.49. The van der Waals surface area contributed by atoms with Gasteiger partial charge in [-0.1, -0.05) is 80.6 Å². The quantitative estimate of drug-likeness (QED) is 0.313. The number of sulfonamides is 1. The van der Waals surface area contributed by atoms with E-state index in [9.17, 15) is 13.2 Å². The predicted octanol–water partition coefficient (Wildman–Crippen LogP) is 4.89. The van der Waals surface area contributed by atoms with Crippen LogP contribution in [-0.2, 0) is 21.4 Å². The number of hydrogen-bond donors (Lipinski definition) is 1. The van der Waals surface area contributed by atoms with E-state index in [4.69, 9.17) is 4.74 Å². The molecule has 3 aromatic rings. The Morgan fingerprint density at radius 3 is 2.07 bits per heavy atom. The Balaban J connectivity index is 1.52. The van der Waals surface area contributed by atoms with Gasteiger partial charge in [0.1, 0.15) is 5.75 Å². The number of carbonyl (C=O) groups excluding carboxylic acids is 1. The van der Waals surface area contributed by atoms with Crippen LogP contribution in [0.15, 0.2) is 83.8 Å². The second-order valence-electron chi connectivity index (χ2n) is 11.5. The van der Waals surface area contributed by atoms with Gasteiger partial charge in [0.05, 0.1) is 4.90 Å². The molecule has 4 rings (SSSR count). The van der Waals surface area contributed by atoms with Gasteiger partial charge in [-0.2, -0.15) is 4.31 Å². The van der Waals surface area contributed by atoms with Gasteiger partial charge in [-0.3, -0.25) is 4.79 Å². The second-order valence-corrected chi connectivity index (χ2v) is 13.4. The van der Waals surface area contributed by atoms with Crippen LogP contribution in [0.1, 0.15) is 30.5 Å². The van der Waals surface area contributed by atoms with Crippen LogP contribution in [-0.4, -0.2) is 62.9 Å². The number of para-hydroxylation sites is 1. The molecule has 0 radical (unpaired) electrons. The minimum Gasteiger partial charge on any atom is -0.483 e. The van der Waals surface area contributed by atoms with Crippen LogP contribution in [0, 0.1) is 31.6 Å². The number of ether oxygens (including phenoxy) is 1. The number of benzene rings is 3. The van der Waals surface area contributed by atoms with Crippen LogP contribution >= 0.6 is 0 Å². The molecule has 0 unspecified atom stereocenters. The third kappa shape index (κ3) is 8.18. The molecule has 220 valence electrons. The van der Waals surface area contributed by atoms with Crippen molar-refractivity contribution in [1.29, 1.82) is 0 Å². The number of rotatable bonds is 13. The normalized spacial score (nSPS) is 17.2. The number of nitrogens with one attached hydrogen (secondary N) is 1. The number of hydrogen-bond acceptors (Lipinski definition) is 5. The van der Waals surface area contributed by atoms with Crippen molar-refractivity contribution >= 4 is 15.9 Å².